The maximum Gasteiger partial charge on any atom is 0.538 e. The Bertz CT molecular complexity index is 235. The minimum absolute atomic E-state index is 0.571. The average Bonchev–Trinajstić information content (AvgIpc) is 1.95. The zero-order chi connectivity index (χ0) is 7.56. The highest BCUT2D eigenvalue weighted by Crippen LogP contribution is 2.10. The molecule has 0 bridgehead atoms. The van der Waals surface area contributed by atoms with Crippen LogP contribution in [0.15, 0.2) is 18.2 Å². The molecule has 1 aromatic rings. The molecule has 0 aliphatic carbocycles. The van der Waals surface area contributed by atoms with Gasteiger partial charge in [-0.15, -0.1) is 3.69 Å². The number of benzene rings is 1. The zero-order valence-electron chi connectivity index (χ0n) is 5.70. The summed E-state index contributed by atoms with van der Waals surface area (Å²) in [5.74, 6) is 0. The third-order valence-corrected chi connectivity index (χ3v) is 3.85. The van der Waals surface area contributed by atoms with Gasteiger partial charge in [-0.25, -0.2) is 0 Å². The van der Waals surface area contributed by atoms with Crippen LogP contribution in [0.25, 0.3) is 0 Å². The van der Waals surface area contributed by atoms with Crippen LogP contribution in [0.3, 0.4) is 0 Å². The van der Waals surface area contributed by atoms with Crippen molar-refractivity contribution in [3.8, 4) is 0 Å². The molecule has 0 heterocycles. The van der Waals surface area contributed by atoms with Crippen molar-refractivity contribution < 1.29 is 0 Å². The fraction of sp³-hybridized carbons (Fsp3) is 0.143. The molecule has 1 aromatic carbocycles. The first-order chi connectivity index (χ1) is 4.75. The average molecular weight is 185 g/mol. The van der Waals surface area contributed by atoms with E-state index >= 15 is 0 Å². The van der Waals surface area contributed by atoms with Crippen molar-refractivity contribution >= 4 is 43.6 Å². The van der Waals surface area contributed by atoms with Crippen molar-refractivity contribution in [2.24, 2.45) is 0 Å². The Morgan fingerprint density at radius 1 is 1.40 bits per heavy atom. The second-order valence-corrected chi connectivity index (χ2v) is 4.40. The van der Waals surface area contributed by atoms with Crippen LogP contribution in [0.2, 0.25) is 5.02 Å². The van der Waals surface area contributed by atoms with Gasteiger partial charge < -0.3 is 9.07 Å². The van der Waals surface area contributed by atoms with Crippen LogP contribution in [0.5, 0.6) is 0 Å². The van der Waals surface area contributed by atoms with Crippen molar-refractivity contribution in [2.45, 2.75) is 6.92 Å². The van der Waals surface area contributed by atoms with E-state index in [0.29, 0.717) is 0 Å². The van der Waals surface area contributed by atoms with Crippen molar-refractivity contribution in [1.82, 2.24) is 0 Å². The molecule has 0 saturated carbocycles. The first-order valence-corrected chi connectivity index (χ1v) is 6.28. The molecule has 0 unspecified atom stereocenters. The van der Waals surface area contributed by atoms with E-state index in [4.69, 9.17) is 20.7 Å². The highest BCUT2D eigenvalue weighted by Gasteiger charge is 2.01. The molecule has 3 heteroatoms. The minimum atomic E-state index is -0.571. The molecule has 0 saturated heterocycles. The van der Waals surface area contributed by atoms with E-state index < -0.39 is 19.3 Å². The number of hydrogen-bond donors (Lipinski definition) is 0. The fourth-order valence-electron chi connectivity index (χ4n) is 0.797. The van der Waals surface area contributed by atoms with Gasteiger partial charge in [0, 0.05) is 5.02 Å². The SMILES string of the molecule is Cc1c(Cl)ccc[c]1[Mg][Cl]. The summed E-state index contributed by atoms with van der Waals surface area (Å²) in [6.07, 6.45) is 0. The molecule has 0 nitrogen and oxygen atoms in total. The van der Waals surface area contributed by atoms with E-state index in [1.807, 2.05) is 25.1 Å². The lowest BCUT2D eigenvalue weighted by Gasteiger charge is -2.01. The third kappa shape index (κ3) is 1.79. The lowest BCUT2D eigenvalue weighted by molar-refractivity contribution is 1.52. The van der Waals surface area contributed by atoms with Gasteiger partial charge in [0.15, 0.2) is 0 Å². The number of hydrogen-bond acceptors (Lipinski definition) is 0. The number of rotatable bonds is 1. The second kappa shape index (κ2) is 3.81. The van der Waals surface area contributed by atoms with Crippen LogP contribution in [0.4, 0.5) is 0 Å². The fourth-order valence-corrected chi connectivity index (χ4v) is 2.59. The summed E-state index contributed by atoms with van der Waals surface area (Å²) in [5.41, 5.74) is 1.14. The predicted octanol–water partition coefficient (Wildman–Crippen LogP) is 2.13. The van der Waals surface area contributed by atoms with Gasteiger partial charge in [0.1, 0.15) is 0 Å². The maximum absolute atomic E-state index is 5.86. The Morgan fingerprint density at radius 2 is 2.10 bits per heavy atom. The minimum Gasteiger partial charge on any atom is -0.336 e. The molecule has 0 N–H and O–H groups in total. The Balaban J connectivity index is 3.14. The normalized spacial score (nSPS) is 9.10. The Hall–Kier alpha value is 0.566. The molecular weight excluding hydrogens is 179 g/mol. The highest BCUT2D eigenvalue weighted by molar-refractivity contribution is 7.01. The summed E-state index contributed by atoms with van der Waals surface area (Å²) in [7, 11) is 5.78. The van der Waals surface area contributed by atoms with Crippen molar-refractivity contribution in [1.29, 1.82) is 0 Å². The van der Waals surface area contributed by atoms with E-state index in [1.165, 1.54) is 3.69 Å². The van der Waals surface area contributed by atoms with Crippen molar-refractivity contribution in [3.63, 3.8) is 0 Å². The van der Waals surface area contributed by atoms with E-state index in [0.717, 1.165) is 10.6 Å². The van der Waals surface area contributed by atoms with Gasteiger partial charge in [-0.2, -0.15) is 0 Å². The standard InChI is InChI=1S/C7H6Cl.ClH.Mg/c1-6-4-2-3-5-7(6)8;;/h2-3,5H,1H3;1H;/q;;+1/p-1. The highest BCUT2D eigenvalue weighted by atomic mass is 35.5. The van der Waals surface area contributed by atoms with Crippen LogP contribution in [-0.2, 0) is 0 Å². The van der Waals surface area contributed by atoms with Crippen LogP contribution in [0.1, 0.15) is 5.56 Å². The first kappa shape index (κ1) is 8.66. The van der Waals surface area contributed by atoms with Crippen molar-refractivity contribution in [2.75, 3.05) is 0 Å². The topological polar surface area (TPSA) is 0 Å². The molecule has 0 radical (unpaired) electrons. The summed E-state index contributed by atoms with van der Waals surface area (Å²) in [4.78, 5) is 0. The molecule has 0 spiro atoms. The molecule has 0 aliphatic rings. The molecule has 10 heavy (non-hydrogen) atoms. The van der Waals surface area contributed by atoms with Crippen LogP contribution >= 0.6 is 20.7 Å². The zero-order valence-corrected chi connectivity index (χ0v) is 8.62. The first-order valence-electron chi connectivity index (χ1n) is 3.05. The van der Waals surface area contributed by atoms with Crippen LogP contribution in [-0.4, -0.2) is 19.3 Å². The van der Waals surface area contributed by atoms with Gasteiger partial charge in [-0.3, -0.25) is 0 Å². The predicted molar refractivity (Wildman–Crippen MR) is 47.4 cm³/mol. The van der Waals surface area contributed by atoms with Crippen LogP contribution < -0.4 is 3.69 Å². The van der Waals surface area contributed by atoms with Gasteiger partial charge in [0.05, 0.1) is 0 Å². The molecule has 0 aromatic heterocycles. The molecule has 0 fully saturated rings. The van der Waals surface area contributed by atoms with E-state index in [9.17, 15) is 0 Å². The molecular formula is C7H6Cl2Mg. The third-order valence-electron chi connectivity index (χ3n) is 1.52. The van der Waals surface area contributed by atoms with E-state index in [2.05, 4.69) is 0 Å². The summed E-state index contributed by atoms with van der Waals surface area (Å²) in [6.45, 7) is 2.01. The Morgan fingerprint density at radius 3 is 2.60 bits per heavy atom. The van der Waals surface area contributed by atoms with Gasteiger partial charge >= 0.3 is 19.3 Å². The summed E-state index contributed by atoms with van der Waals surface area (Å²) < 4.78 is 1.24. The molecule has 0 aliphatic heterocycles. The Labute approximate surface area is 79.0 Å². The smallest absolute Gasteiger partial charge is 0.336 e. The van der Waals surface area contributed by atoms with Crippen molar-refractivity contribution in [3.05, 3.63) is 28.8 Å². The van der Waals surface area contributed by atoms with Gasteiger partial charge in [0.25, 0.3) is 0 Å². The molecule has 50 valence electrons. The van der Waals surface area contributed by atoms with Gasteiger partial charge in [0.2, 0.25) is 0 Å². The lowest BCUT2D eigenvalue weighted by atomic mass is 10.2. The van der Waals surface area contributed by atoms with Crippen LogP contribution in [0, 0.1) is 6.92 Å². The summed E-state index contributed by atoms with van der Waals surface area (Å²) >= 11 is 5.28. The molecule has 1 rings (SSSR count). The molecule has 0 amide bonds. The summed E-state index contributed by atoms with van der Waals surface area (Å²) in [5, 5.41) is 0.825. The quantitative estimate of drug-likeness (QED) is 0.588. The summed E-state index contributed by atoms with van der Waals surface area (Å²) in [6, 6.07) is 5.88. The maximum atomic E-state index is 5.86. The van der Waals surface area contributed by atoms with E-state index in [-0.39, 0.29) is 0 Å². The number of halogens is 2. The monoisotopic (exact) mass is 184 g/mol. The largest absolute Gasteiger partial charge is 0.538 e. The van der Waals surface area contributed by atoms with Gasteiger partial charge in [-0.05, 0) is 13.0 Å². The Kier molecular flexibility index (Phi) is 3.30. The molecule has 0 atom stereocenters. The van der Waals surface area contributed by atoms with E-state index in [1.54, 1.807) is 0 Å². The lowest BCUT2D eigenvalue weighted by Crippen LogP contribution is -2.12. The van der Waals surface area contributed by atoms with Gasteiger partial charge in [-0.1, -0.05) is 29.3 Å². The second-order valence-electron chi connectivity index (χ2n) is 2.16.